The lowest BCUT2D eigenvalue weighted by Crippen LogP contribution is -2.34. The smallest absolute Gasteiger partial charge is 0.416 e. The standard InChI is InChI=1S/C23H26F3NO2S/c24-23(25,26)17-4-10-20(11-5-17)30-21-12-14-27(15-13-21)18-6-8-19(9-7-18)29-22-3-1-2-16-28-22/h4-11,21-22H,1-3,12-16H2. The molecule has 0 bridgehead atoms. The molecule has 2 heterocycles. The molecule has 3 nitrogen and oxygen atoms in total. The van der Waals surface area contributed by atoms with Crippen molar-refractivity contribution < 1.29 is 22.6 Å². The molecule has 162 valence electrons. The second-order valence-electron chi connectivity index (χ2n) is 7.73. The summed E-state index contributed by atoms with van der Waals surface area (Å²) in [5.41, 5.74) is 0.578. The number of alkyl halides is 3. The molecule has 0 N–H and O–H groups in total. The molecule has 2 aromatic carbocycles. The van der Waals surface area contributed by atoms with Gasteiger partial charge in [-0.15, -0.1) is 11.8 Å². The Balaban J connectivity index is 1.26. The lowest BCUT2D eigenvalue weighted by atomic mass is 10.1. The van der Waals surface area contributed by atoms with Gasteiger partial charge in [-0.05, 0) is 74.2 Å². The van der Waals surface area contributed by atoms with E-state index in [4.69, 9.17) is 9.47 Å². The molecule has 1 atom stereocenters. The number of hydrogen-bond donors (Lipinski definition) is 0. The van der Waals surface area contributed by atoms with Gasteiger partial charge in [0.1, 0.15) is 5.75 Å². The SMILES string of the molecule is FC(F)(F)c1ccc(SC2CCN(c3ccc(OC4CCCCO4)cc3)CC2)cc1. The van der Waals surface area contributed by atoms with Crippen LogP contribution in [0.25, 0.3) is 0 Å². The highest BCUT2D eigenvalue weighted by Crippen LogP contribution is 2.35. The van der Waals surface area contributed by atoms with Crippen molar-refractivity contribution in [3.63, 3.8) is 0 Å². The minimum atomic E-state index is -4.28. The van der Waals surface area contributed by atoms with E-state index in [1.807, 2.05) is 12.1 Å². The maximum Gasteiger partial charge on any atom is 0.416 e. The summed E-state index contributed by atoms with van der Waals surface area (Å²) in [4.78, 5) is 3.25. The number of ether oxygens (including phenoxy) is 2. The summed E-state index contributed by atoms with van der Waals surface area (Å²) in [6.45, 7) is 2.64. The van der Waals surface area contributed by atoms with Gasteiger partial charge >= 0.3 is 6.18 Å². The first-order valence-electron chi connectivity index (χ1n) is 10.4. The fourth-order valence-electron chi connectivity index (χ4n) is 3.84. The average Bonchev–Trinajstić information content (AvgIpc) is 2.75. The zero-order chi connectivity index (χ0) is 21.0. The molecule has 2 aromatic rings. The summed E-state index contributed by atoms with van der Waals surface area (Å²) in [6.07, 6.45) is 0.764. The predicted molar refractivity (Wildman–Crippen MR) is 113 cm³/mol. The van der Waals surface area contributed by atoms with Crippen LogP contribution in [0, 0.1) is 0 Å². The van der Waals surface area contributed by atoms with E-state index in [0.29, 0.717) is 5.25 Å². The number of anilines is 1. The molecule has 2 fully saturated rings. The molecule has 4 rings (SSSR count). The van der Waals surface area contributed by atoms with E-state index in [1.54, 1.807) is 23.9 Å². The minimum absolute atomic E-state index is 0.137. The van der Waals surface area contributed by atoms with Gasteiger partial charge in [0, 0.05) is 35.3 Å². The van der Waals surface area contributed by atoms with Gasteiger partial charge in [-0.3, -0.25) is 0 Å². The van der Waals surface area contributed by atoms with Gasteiger partial charge in [-0.1, -0.05) is 0 Å². The van der Waals surface area contributed by atoms with E-state index < -0.39 is 11.7 Å². The van der Waals surface area contributed by atoms with E-state index in [2.05, 4.69) is 17.0 Å². The molecule has 0 spiro atoms. The third-order valence-corrected chi connectivity index (χ3v) is 6.88. The molecule has 0 saturated carbocycles. The zero-order valence-electron chi connectivity index (χ0n) is 16.7. The van der Waals surface area contributed by atoms with Crippen molar-refractivity contribution in [1.29, 1.82) is 0 Å². The van der Waals surface area contributed by atoms with Crippen LogP contribution in [0.1, 0.15) is 37.7 Å². The van der Waals surface area contributed by atoms with Crippen LogP contribution < -0.4 is 9.64 Å². The molecule has 2 saturated heterocycles. The van der Waals surface area contributed by atoms with E-state index in [-0.39, 0.29) is 6.29 Å². The highest BCUT2D eigenvalue weighted by Gasteiger charge is 2.30. The topological polar surface area (TPSA) is 21.7 Å². The maximum absolute atomic E-state index is 12.7. The summed E-state index contributed by atoms with van der Waals surface area (Å²) in [7, 11) is 0. The Morgan fingerprint density at radius 2 is 1.60 bits per heavy atom. The summed E-state index contributed by atoms with van der Waals surface area (Å²) >= 11 is 1.68. The first-order chi connectivity index (χ1) is 14.5. The number of nitrogens with zero attached hydrogens (tertiary/aromatic N) is 1. The molecular formula is C23H26F3NO2S. The number of halogens is 3. The highest BCUT2D eigenvalue weighted by atomic mass is 32.2. The number of rotatable bonds is 5. The third kappa shape index (κ3) is 5.64. The number of piperidine rings is 1. The molecular weight excluding hydrogens is 411 g/mol. The van der Waals surface area contributed by atoms with Crippen LogP contribution in [0.5, 0.6) is 5.75 Å². The summed E-state index contributed by atoms with van der Waals surface area (Å²) in [5.74, 6) is 0.832. The number of hydrogen-bond acceptors (Lipinski definition) is 4. The van der Waals surface area contributed by atoms with Gasteiger partial charge in [-0.25, -0.2) is 0 Å². The highest BCUT2D eigenvalue weighted by molar-refractivity contribution is 8.00. The van der Waals surface area contributed by atoms with Gasteiger partial charge in [0.2, 0.25) is 0 Å². The first kappa shape index (κ1) is 21.4. The molecule has 0 radical (unpaired) electrons. The van der Waals surface area contributed by atoms with Crippen molar-refractivity contribution in [3.8, 4) is 5.75 Å². The average molecular weight is 438 g/mol. The van der Waals surface area contributed by atoms with Gasteiger partial charge in [-0.2, -0.15) is 13.2 Å². The van der Waals surface area contributed by atoms with Crippen LogP contribution in [0.3, 0.4) is 0 Å². The van der Waals surface area contributed by atoms with Crippen LogP contribution in [0.4, 0.5) is 18.9 Å². The Kier molecular flexibility index (Phi) is 6.78. The fourth-order valence-corrected chi connectivity index (χ4v) is 4.96. The first-order valence-corrected chi connectivity index (χ1v) is 11.3. The predicted octanol–water partition coefficient (Wildman–Crippen LogP) is 6.37. The maximum atomic E-state index is 12.7. The summed E-state index contributed by atoms with van der Waals surface area (Å²) in [5, 5.41) is 0.420. The van der Waals surface area contributed by atoms with E-state index in [1.165, 1.54) is 17.8 Å². The number of benzene rings is 2. The molecule has 0 amide bonds. The second kappa shape index (κ2) is 9.52. The normalized spacial score (nSPS) is 20.9. The quantitative estimate of drug-likeness (QED) is 0.542. The fraction of sp³-hybridized carbons (Fsp3) is 0.478. The molecule has 30 heavy (non-hydrogen) atoms. The van der Waals surface area contributed by atoms with Crippen LogP contribution in [0.15, 0.2) is 53.4 Å². The monoisotopic (exact) mass is 437 g/mol. The van der Waals surface area contributed by atoms with Gasteiger partial charge in [0.25, 0.3) is 0 Å². The van der Waals surface area contributed by atoms with Gasteiger partial charge < -0.3 is 14.4 Å². The van der Waals surface area contributed by atoms with Crippen LogP contribution in [0.2, 0.25) is 0 Å². The lowest BCUT2D eigenvalue weighted by molar-refractivity contribution is -0.137. The van der Waals surface area contributed by atoms with Crippen molar-refractivity contribution in [2.45, 2.75) is 54.7 Å². The molecule has 1 unspecified atom stereocenters. The van der Waals surface area contributed by atoms with Crippen LogP contribution in [-0.2, 0) is 10.9 Å². The Labute approximate surface area is 179 Å². The van der Waals surface area contributed by atoms with Gasteiger partial charge in [0.15, 0.2) is 6.29 Å². The number of thioether (sulfide) groups is 1. The Hall–Kier alpha value is -1.86. The lowest BCUT2D eigenvalue weighted by Gasteiger charge is -2.33. The molecule has 0 aromatic heterocycles. The summed E-state index contributed by atoms with van der Waals surface area (Å²) < 4.78 is 49.6. The zero-order valence-corrected chi connectivity index (χ0v) is 17.6. The van der Waals surface area contributed by atoms with Crippen molar-refractivity contribution in [2.24, 2.45) is 0 Å². The minimum Gasteiger partial charge on any atom is -0.465 e. The largest absolute Gasteiger partial charge is 0.465 e. The van der Waals surface area contributed by atoms with Crippen molar-refractivity contribution in [2.75, 3.05) is 24.6 Å². The van der Waals surface area contributed by atoms with Crippen molar-refractivity contribution in [1.82, 2.24) is 0 Å². The summed E-state index contributed by atoms with van der Waals surface area (Å²) in [6, 6.07) is 13.7. The van der Waals surface area contributed by atoms with E-state index in [9.17, 15) is 13.2 Å². The van der Waals surface area contributed by atoms with E-state index in [0.717, 1.165) is 62.4 Å². The molecule has 7 heteroatoms. The Bertz CT molecular complexity index is 797. The van der Waals surface area contributed by atoms with Gasteiger partial charge in [0.05, 0.1) is 12.2 Å². The molecule has 2 aliphatic rings. The van der Waals surface area contributed by atoms with Crippen molar-refractivity contribution in [3.05, 3.63) is 54.1 Å². The Morgan fingerprint density at radius 1 is 0.900 bits per heavy atom. The van der Waals surface area contributed by atoms with Crippen molar-refractivity contribution >= 4 is 17.4 Å². The third-order valence-electron chi connectivity index (χ3n) is 5.53. The van der Waals surface area contributed by atoms with E-state index >= 15 is 0 Å². The molecule has 2 aliphatic heterocycles. The van der Waals surface area contributed by atoms with Crippen LogP contribution in [-0.4, -0.2) is 31.2 Å². The second-order valence-corrected chi connectivity index (χ2v) is 9.11. The Morgan fingerprint density at radius 3 is 2.20 bits per heavy atom. The molecule has 0 aliphatic carbocycles. The van der Waals surface area contributed by atoms with Crippen LogP contribution >= 0.6 is 11.8 Å².